The lowest BCUT2D eigenvalue weighted by molar-refractivity contribution is -0.342. The average molecular weight is 761 g/mol. The predicted octanol–water partition coefficient (Wildman–Crippen LogP) is 2.78. The van der Waals surface area contributed by atoms with Gasteiger partial charge in [-0.15, -0.1) is 6.42 Å². The fourth-order valence-electron chi connectivity index (χ4n) is 3.29. The maximum absolute atomic E-state index is 11.0. The summed E-state index contributed by atoms with van der Waals surface area (Å²) in [5.74, 6) is 2.53. The van der Waals surface area contributed by atoms with Gasteiger partial charge >= 0.3 is 0 Å². The van der Waals surface area contributed by atoms with Gasteiger partial charge in [-0.05, 0) is 79.6 Å². The van der Waals surface area contributed by atoms with Crippen LogP contribution in [0.3, 0.4) is 0 Å². The summed E-state index contributed by atoms with van der Waals surface area (Å²) in [6.07, 6.45) is 17.9. The maximum Gasteiger partial charge on any atom is 0.272 e. The molecule has 2 atom stereocenters. The highest BCUT2D eigenvalue weighted by Crippen LogP contribution is 2.51. The number of ketones is 1. The van der Waals surface area contributed by atoms with Crippen molar-refractivity contribution in [3.63, 3.8) is 0 Å². The summed E-state index contributed by atoms with van der Waals surface area (Å²) in [6.45, 7) is 9.13. The first-order valence-electron chi connectivity index (χ1n) is 14.5. The lowest BCUT2D eigenvalue weighted by Crippen LogP contribution is -2.19. The third-order valence-electron chi connectivity index (χ3n) is 5.71. The second-order valence-corrected chi connectivity index (χ2v) is 15.8. The van der Waals surface area contributed by atoms with Crippen molar-refractivity contribution in [3.8, 4) is 12.3 Å². The fourth-order valence-corrected chi connectivity index (χ4v) is 6.14. The second-order valence-electron chi connectivity index (χ2n) is 10.4. The summed E-state index contributed by atoms with van der Waals surface area (Å²) >= 11 is 0. The number of allylic oxidation sites excluding steroid dienone is 6. The number of carbonyl (C=O) groups excluding carboxylic acids is 1. The molecule has 0 heterocycles. The quantitative estimate of drug-likeness (QED) is 0.0592. The summed E-state index contributed by atoms with van der Waals surface area (Å²) in [4.78, 5) is 73.8. The zero-order chi connectivity index (χ0) is 37.4. The molecule has 0 rings (SSSR count). The van der Waals surface area contributed by atoms with E-state index in [1.54, 1.807) is 13.8 Å². The normalized spacial score (nSPS) is 16.0. The molecule has 0 aromatic heterocycles. The third-order valence-corrected chi connectivity index (χ3v) is 9.84. The molecule has 0 aliphatic heterocycles. The van der Waals surface area contributed by atoms with Crippen LogP contribution in [0.1, 0.15) is 86.0 Å². The molecule has 0 saturated carbocycles. The standard InChI is InChI=1S/C15H26O8P2.C13H24O8P2/c1-4-11-21-12-6-9-14(2)7-5-8-15(3)10-13-22-25(19,20)23-24(16,17)18;1-11(7-8-13(3)14)5-4-6-12(2)9-10-20-23(18,19)21-22(15,16)17/h1,7,10H,5-6,8-9,11-13H2,2-3H3,(H,19,20)(H2,16,17,18);5,9H,4,6-8,10H2,1-3H3,(H,18,19)(H2,15,16,17)/p-6/b14-7+,15-10+;11-5+,12-9+. The van der Waals surface area contributed by atoms with Gasteiger partial charge in [-0.3, -0.25) is 17.8 Å². The van der Waals surface area contributed by atoms with Crippen molar-refractivity contribution in [2.24, 2.45) is 0 Å². The fraction of sp³-hybridized carbons (Fsp3) is 0.607. The number of Topliss-reactive ketones (excluding diaryl/α,β-unsaturated/α-hetero) is 1. The van der Waals surface area contributed by atoms with Crippen LogP contribution in [0.15, 0.2) is 46.6 Å². The summed E-state index contributed by atoms with van der Waals surface area (Å²) in [7, 11) is -21.6. The average Bonchev–Trinajstić information content (AvgIpc) is 2.89. The molecule has 278 valence electrons. The Hall–Kier alpha value is -1.33. The highest BCUT2D eigenvalue weighted by atomic mass is 31.3. The summed E-state index contributed by atoms with van der Waals surface area (Å²) in [6, 6.07) is 0. The number of hydrogen-bond acceptors (Lipinski definition) is 16. The Morgan fingerprint density at radius 3 is 1.40 bits per heavy atom. The van der Waals surface area contributed by atoms with E-state index in [0.717, 1.165) is 36.0 Å². The highest BCUT2D eigenvalue weighted by molar-refractivity contribution is 7.59. The molecule has 0 fully saturated rings. The SMILES string of the molecule is C#CCOCCC/C(C)=C/CC/C(C)=C/COP(=O)([O-])OP(=O)([O-])[O-].CC(=O)CC/C(C)=C/CC/C(C)=C/COP(=O)([O-])OP(=O)([O-])[O-]. The first-order valence-corrected chi connectivity index (χ1v) is 20.3. The number of hydrogen-bond donors (Lipinski definition) is 0. The van der Waals surface area contributed by atoms with Crippen molar-refractivity contribution in [1.29, 1.82) is 0 Å². The zero-order valence-electron chi connectivity index (χ0n) is 27.7. The van der Waals surface area contributed by atoms with Crippen molar-refractivity contribution < 1.29 is 74.8 Å². The smallest absolute Gasteiger partial charge is 0.272 e. The Bertz CT molecular complexity index is 1330. The summed E-state index contributed by atoms with van der Waals surface area (Å²) in [5.41, 5.74) is 4.00. The van der Waals surface area contributed by atoms with Gasteiger partial charge in [0.05, 0.1) is 28.9 Å². The van der Waals surface area contributed by atoms with Gasteiger partial charge in [0.25, 0.3) is 15.6 Å². The van der Waals surface area contributed by atoms with Crippen LogP contribution in [0.5, 0.6) is 0 Å². The van der Waals surface area contributed by atoms with Crippen molar-refractivity contribution in [2.45, 2.75) is 86.0 Å². The van der Waals surface area contributed by atoms with Gasteiger partial charge < -0.3 is 57.1 Å². The number of phosphoric acid groups is 4. The molecule has 0 aliphatic rings. The van der Waals surface area contributed by atoms with Gasteiger partial charge in [-0.25, -0.2) is 0 Å². The van der Waals surface area contributed by atoms with Gasteiger partial charge in [0, 0.05) is 13.0 Å². The molecule has 0 saturated heterocycles. The van der Waals surface area contributed by atoms with Gasteiger partial charge in [0.2, 0.25) is 0 Å². The van der Waals surface area contributed by atoms with Gasteiger partial charge in [0.1, 0.15) is 12.4 Å². The Kier molecular flexibility index (Phi) is 26.0. The van der Waals surface area contributed by atoms with E-state index in [1.807, 2.05) is 19.9 Å². The van der Waals surface area contributed by atoms with Crippen LogP contribution in [0, 0.1) is 12.3 Å². The van der Waals surface area contributed by atoms with E-state index in [9.17, 15) is 52.4 Å². The monoisotopic (exact) mass is 760 g/mol. The number of terminal acetylenes is 1. The molecule has 0 spiro atoms. The van der Waals surface area contributed by atoms with E-state index in [0.29, 0.717) is 45.3 Å². The van der Waals surface area contributed by atoms with Crippen molar-refractivity contribution in [1.82, 2.24) is 0 Å². The molecule has 0 N–H and O–H groups in total. The number of rotatable bonds is 24. The molecule has 16 nitrogen and oxygen atoms in total. The lowest BCUT2D eigenvalue weighted by Gasteiger charge is -2.34. The molecule has 48 heavy (non-hydrogen) atoms. The van der Waals surface area contributed by atoms with Crippen LogP contribution >= 0.6 is 31.3 Å². The Morgan fingerprint density at radius 1 is 0.625 bits per heavy atom. The topological polar surface area (TPSA) is 270 Å². The molecule has 0 bridgehead atoms. The number of ether oxygens (including phenoxy) is 1. The van der Waals surface area contributed by atoms with E-state index in [2.05, 4.69) is 29.7 Å². The van der Waals surface area contributed by atoms with Crippen LogP contribution in [0.25, 0.3) is 0 Å². The van der Waals surface area contributed by atoms with Crippen LogP contribution in [0.2, 0.25) is 0 Å². The van der Waals surface area contributed by atoms with E-state index in [4.69, 9.17) is 11.2 Å². The molecule has 2 unspecified atom stereocenters. The lowest BCUT2D eigenvalue weighted by atomic mass is 10.1. The Labute approximate surface area is 283 Å². The first-order chi connectivity index (χ1) is 22.0. The van der Waals surface area contributed by atoms with Crippen molar-refractivity contribution in [2.75, 3.05) is 26.4 Å². The maximum atomic E-state index is 11.0. The van der Waals surface area contributed by atoms with Crippen LogP contribution in [-0.4, -0.2) is 32.2 Å². The van der Waals surface area contributed by atoms with Crippen LogP contribution in [0.4, 0.5) is 0 Å². The largest absolute Gasteiger partial charge is 0.790 e. The minimum Gasteiger partial charge on any atom is -0.790 e. The van der Waals surface area contributed by atoms with E-state index in [1.165, 1.54) is 24.6 Å². The predicted molar refractivity (Wildman–Crippen MR) is 167 cm³/mol. The van der Waals surface area contributed by atoms with E-state index >= 15 is 0 Å². The van der Waals surface area contributed by atoms with Gasteiger partial charge in [0.15, 0.2) is 0 Å². The third kappa shape index (κ3) is 36.0. The molecule has 0 aliphatic carbocycles. The molecule has 0 aromatic carbocycles. The first kappa shape index (κ1) is 48.8. The number of carbonyl (C=O) groups is 1. The highest BCUT2D eigenvalue weighted by Gasteiger charge is 2.11. The van der Waals surface area contributed by atoms with Crippen molar-refractivity contribution in [3.05, 3.63) is 46.6 Å². The number of phosphoric ester groups is 2. The minimum absolute atomic E-state index is 0.135. The summed E-state index contributed by atoms with van der Waals surface area (Å²) in [5, 5.41) is 0. The van der Waals surface area contributed by atoms with Gasteiger partial charge in [-0.2, -0.15) is 0 Å². The Balaban J connectivity index is 0. The van der Waals surface area contributed by atoms with Crippen molar-refractivity contribution >= 4 is 37.1 Å². The van der Waals surface area contributed by atoms with Crippen LogP contribution < -0.4 is 29.4 Å². The Morgan fingerprint density at radius 2 is 1.02 bits per heavy atom. The minimum atomic E-state index is -5.65. The van der Waals surface area contributed by atoms with Gasteiger partial charge in [-0.1, -0.05) is 52.5 Å². The second kappa shape index (κ2) is 25.6. The molecule has 0 radical (unpaired) electrons. The zero-order valence-corrected chi connectivity index (χ0v) is 31.3. The van der Waals surface area contributed by atoms with Crippen LogP contribution in [-0.2, 0) is 45.5 Å². The molecular weight excluding hydrogens is 716 g/mol. The molecular formula is C28H44O16P4-6. The molecule has 0 aromatic rings. The molecule has 20 heteroatoms. The van der Waals surface area contributed by atoms with E-state index < -0.39 is 44.5 Å². The van der Waals surface area contributed by atoms with E-state index in [-0.39, 0.29) is 5.78 Å². The molecule has 0 amide bonds. The summed E-state index contributed by atoms with van der Waals surface area (Å²) < 4.78 is 62.8.